The number of carbonyl (C=O) groups is 2. The van der Waals surface area contributed by atoms with Gasteiger partial charge in [0.1, 0.15) is 18.0 Å². The Balaban J connectivity index is 1.48. The van der Waals surface area contributed by atoms with Crippen LogP contribution in [0.1, 0.15) is 6.92 Å². The molecule has 1 N–H and O–H groups in total. The molecule has 2 aromatic carbocycles. The molecule has 1 atom stereocenters. The predicted molar refractivity (Wildman–Crippen MR) is 112 cm³/mol. The summed E-state index contributed by atoms with van der Waals surface area (Å²) in [5.74, 6) is 0.771. The second-order valence-electron chi connectivity index (χ2n) is 6.47. The number of anilines is 2. The van der Waals surface area contributed by atoms with Gasteiger partial charge >= 0.3 is 5.97 Å². The van der Waals surface area contributed by atoms with Crippen LogP contribution in [0.4, 0.5) is 11.6 Å². The third-order valence-corrected chi connectivity index (χ3v) is 4.04. The summed E-state index contributed by atoms with van der Waals surface area (Å²) in [6.07, 6.45) is 2.20. The van der Waals surface area contributed by atoms with E-state index in [2.05, 4.69) is 15.3 Å². The molecule has 1 unspecified atom stereocenters. The lowest BCUT2D eigenvalue weighted by molar-refractivity contribution is -0.151. The summed E-state index contributed by atoms with van der Waals surface area (Å²) in [7, 11) is 1.67. The van der Waals surface area contributed by atoms with Gasteiger partial charge in [-0.2, -0.15) is 0 Å². The van der Waals surface area contributed by atoms with Crippen molar-refractivity contribution in [2.45, 2.75) is 13.0 Å². The average Bonchev–Trinajstić information content (AvgIpc) is 2.76. The molecule has 0 aliphatic rings. The number of hydrogen-bond acceptors (Lipinski definition) is 7. The number of benzene rings is 2. The zero-order valence-corrected chi connectivity index (χ0v) is 16.7. The minimum absolute atomic E-state index is 0.0762. The largest absolute Gasteiger partial charge is 0.457 e. The lowest BCUT2D eigenvalue weighted by Gasteiger charge is -2.18. The second kappa shape index (κ2) is 10.0. The van der Waals surface area contributed by atoms with Crippen LogP contribution in [0.3, 0.4) is 0 Å². The molecule has 154 valence electrons. The quantitative estimate of drug-likeness (QED) is 0.574. The van der Waals surface area contributed by atoms with Gasteiger partial charge in [0.15, 0.2) is 6.10 Å². The van der Waals surface area contributed by atoms with E-state index in [9.17, 15) is 9.59 Å². The Kier molecular flexibility index (Phi) is 6.94. The molecule has 0 spiro atoms. The lowest BCUT2D eigenvalue weighted by atomic mass is 10.2. The van der Waals surface area contributed by atoms with E-state index in [0.29, 0.717) is 17.4 Å². The molecule has 0 saturated heterocycles. The number of rotatable bonds is 8. The number of nitrogens with zero attached hydrogens (tertiary/aromatic N) is 3. The normalized spacial score (nSPS) is 11.3. The Morgan fingerprint density at radius 3 is 2.27 bits per heavy atom. The number of amides is 1. The number of ether oxygens (including phenoxy) is 2. The molecule has 3 rings (SSSR count). The minimum Gasteiger partial charge on any atom is -0.457 e. The zero-order chi connectivity index (χ0) is 21.3. The van der Waals surface area contributed by atoms with Gasteiger partial charge in [-0.05, 0) is 49.4 Å². The van der Waals surface area contributed by atoms with Gasteiger partial charge in [0.05, 0.1) is 0 Å². The van der Waals surface area contributed by atoms with Gasteiger partial charge in [0.25, 0.3) is 5.91 Å². The zero-order valence-electron chi connectivity index (χ0n) is 16.7. The molecular formula is C22H22N4O4. The van der Waals surface area contributed by atoms with E-state index in [-0.39, 0.29) is 6.54 Å². The highest BCUT2D eigenvalue weighted by atomic mass is 16.5. The van der Waals surface area contributed by atoms with Crippen LogP contribution in [0, 0.1) is 0 Å². The van der Waals surface area contributed by atoms with Crippen molar-refractivity contribution in [1.29, 1.82) is 0 Å². The van der Waals surface area contributed by atoms with Crippen LogP contribution in [0.5, 0.6) is 11.5 Å². The average molecular weight is 406 g/mol. The number of aromatic nitrogens is 2. The molecule has 1 aromatic heterocycles. The fourth-order valence-corrected chi connectivity index (χ4v) is 2.52. The molecule has 30 heavy (non-hydrogen) atoms. The third kappa shape index (κ3) is 6.03. The van der Waals surface area contributed by atoms with E-state index in [4.69, 9.17) is 9.47 Å². The van der Waals surface area contributed by atoms with Gasteiger partial charge in [-0.3, -0.25) is 9.59 Å². The van der Waals surface area contributed by atoms with E-state index in [0.717, 1.165) is 5.75 Å². The molecule has 0 saturated carbocycles. The number of esters is 1. The fraction of sp³-hybridized carbons (Fsp3) is 0.182. The lowest BCUT2D eigenvalue weighted by Crippen LogP contribution is -2.35. The summed E-state index contributed by atoms with van der Waals surface area (Å²) in [5.41, 5.74) is 0.568. The van der Waals surface area contributed by atoms with E-state index < -0.39 is 18.0 Å². The Morgan fingerprint density at radius 1 is 0.967 bits per heavy atom. The standard InChI is InChI=1S/C22H22N4O4/c1-16(29-20(27)15-26(2)22-23-13-6-14-24-22)21(28)25-17-9-11-19(12-10-17)30-18-7-4-3-5-8-18/h3-14,16H,15H2,1-2H3,(H,25,28). The summed E-state index contributed by atoms with van der Waals surface area (Å²) >= 11 is 0. The highest BCUT2D eigenvalue weighted by Gasteiger charge is 2.19. The molecule has 1 amide bonds. The van der Waals surface area contributed by atoms with Gasteiger partial charge in [-0.15, -0.1) is 0 Å². The van der Waals surface area contributed by atoms with Gasteiger partial charge in [0.2, 0.25) is 5.95 Å². The summed E-state index contributed by atoms with van der Waals surface area (Å²) in [6.45, 7) is 1.44. The van der Waals surface area contributed by atoms with Crippen LogP contribution in [0.25, 0.3) is 0 Å². The van der Waals surface area contributed by atoms with Crippen LogP contribution in [0.2, 0.25) is 0 Å². The molecule has 8 heteroatoms. The summed E-state index contributed by atoms with van der Waals surface area (Å²) in [5, 5.41) is 2.71. The van der Waals surface area contributed by atoms with Crippen LogP contribution in [0.15, 0.2) is 73.1 Å². The Labute approximate surface area is 174 Å². The molecule has 0 fully saturated rings. The summed E-state index contributed by atoms with van der Waals surface area (Å²) < 4.78 is 10.9. The molecule has 0 bridgehead atoms. The molecule has 1 heterocycles. The predicted octanol–water partition coefficient (Wildman–Crippen LogP) is 3.28. The smallest absolute Gasteiger partial charge is 0.326 e. The van der Waals surface area contributed by atoms with Gasteiger partial charge in [-0.1, -0.05) is 18.2 Å². The van der Waals surface area contributed by atoms with Crippen LogP contribution in [-0.2, 0) is 14.3 Å². The first-order chi connectivity index (χ1) is 14.5. The third-order valence-electron chi connectivity index (χ3n) is 4.04. The van der Waals surface area contributed by atoms with Crippen LogP contribution in [-0.4, -0.2) is 41.5 Å². The Bertz CT molecular complexity index is 965. The van der Waals surface area contributed by atoms with Crippen LogP contribution >= 0.6 is 0 Å². The molecule has 0 aliphatic carbocycles. The maximum Gasteiger partial charge on any atom is 0.326 e. The van der Waals surface area contributed by atoms with Crippen LogP contribution < -0.4 is 15.0 Å². The van der Waals surface area contributed by atoms with Gasteiger partial charge in [0, 0.05) is 25.1 Å². The minimum atomic E-state index is -0.956. The van der Waals surface area contributed by atoms with Crippen molar-refractivity contribution in [2.75, 3.05) is 23.8 Å². The van der Waals surface area contributed by atoms with Crippen molar-refractivity contribution >= 4 is 23.5 Å². The number of carbonyl (C=O) groups excluding carboxylic acids is 2. The van der Waals surface area contributed by atoms with Crippen molar-refractivity contribution in [3.05, 3.63) is 73.1 Å². The summed E-state index contributed by atoms with van der Waals surface area (Å²) in [4.78, 5) is 34.1. The first kappa shape index (κ1) is 20.8. The van der Waals surface area contributed by atoms with Gasteiger partial charge < -0.3 is 19.7 Å². The maximum atomic E-state index is 12.3. The van der Waals surface area contributed by atoms with Crippen molar-refractivity contribution < 1.29 is 19.1 Å². The SMILES string of the molecule is CC(OC(=O)CN(C)c1ncccn1)C(=O)Nc1ccc(Oc2ccccc2)cc1. The molecule has 8 nitrogen and oxygen atoms in total. The molecule has 0 radical (unpaired) electrons. The highest BCUT2D eigenvalue weighted by Crippen LogP contribution is 2.22. The monoisotopic (exact) mass is 406 g/mol. The molecule has 0 aliphatic heterocycles. The first-order valence-electron chi connectivity index (χ1n) is 9.33. The van der Waals surface area contributed by atoms with Crippen molar-refractivity contribution in [1.82, 2.24) is 9.97 Å². The second-order valence-corrected chi connectivity index (χ2v) is 6.47. The fourth-order valence-electron chi connectivity index (χ4n) is 2.52. The topological polar surface area (TPSA) is 93.7 Å². The number of hydrogen-bond donors (Lipinski definition) is 1. The summed E-state index contributed by atoms with van der Waals surface area (Å²) in [6, 6.07) is 18.0. The van der Waals surface area contributed by atoms with E-state index in [1.54, 1.807) is 54.7 Å². The number of likely N-dealkylation sites (N-methyl/N-ethyl adjacent to an activating group) is 1. The highest BCUT2D eigenvalue weighted by molar-refractivity contribution is 5.95. The molecular weight excluding hydrogens is 384 g/mol. The van der Waals surface area contributed by atoms with E-state index in [1.165, 1.54) is 6.92 Å². The Hall–Kier alpha value is -3.94. The van der Waals surface area contributed by atoms with Gasteiger partial charge in [-0.25, -0.2) is 9.97 Å². The van der Waals surface area contributed by atoms with E-state index in [1.807, 2.05) is 30.3 Å². The van der Waals surface area contributed by atoms with Crippen molar-refractivity contribution in [3.8, 4) is 11.5 Å². The maximum absolute atomic E-state index is 12.3. The first-order valence-corrected chi connectivity index (χ1v) is 9.33. The van der Waals surface area contributed by atoms with Crippen molar-refractivity contribution in [3.63, 3.8) is 0 Å². The Morgan fingerprint density at radius 2 is 1.60 bits per heavy atom. The number of nitrogens with one attached hydrogen (secondary N) is 1. The van der Waals surface area contributed by atoms with E-state index >= 15 is 0 Å². The number of para-hydroxylation sites is 1. The molecule has 3 aromatic rings. The van der Waals surface area contributed by atoms with Crippen molar-refractivity contribution in [2.24, 2.45) is 0 Å².